The van der Waals surface area contributed by atoms with Gasteiger partial charge in [-0.2, -0.15) is 0 Å². The molecular formula is C23H25N3O5S2. The first kappa shape index (κ1) is 23.2. The van der Waals surface area contributed by atoms with Crippen molar-refractivity contribution in [2.45, 2.75) is 30.6 Å². The highest BCUT2D eigenvalue weighted by atomic mass is 32.2. The maximum Gasteiger partial charge on any atom is 0.240 e. The Kier molecular flexibility index (Phi) is 7.58. The molecule has 0 spiro atoms. The van der Waals surface area contributed by atoms with E-state index in [1.54, 1.807) is 23.6 Å². The molecule has 1 aliphatic rings. The fourth-order valence-corrected chi connectivity index (χ4v) is 5.09. The van der Waals surface area contributed by atoms with Crippen LogP contribution in [0.4, 0.5) is 5.69 Å². The van der Waals surface area contributed by atoms with Crippen molar-refractivity contribution in [3.63, 3.8) is 0 Å². The number of aromatic nitrogens is 1. The van der Waals surface area contributed by atoms with Crippen molar-refractivity contribution in [3.05, 3.63) is 54.0 Å². The molecule has 4 rings (SSSR count). The number of rotatable bonds is 10. The summed E-state index contributed by atoms with van der Waals surface area (Å²) < 4.78 is 38.4. The Hall–Kier alpha value is -2.95. The molecule has 3 aromatic rings. The summed E-state index contributed by atoms with van der Waals surface area (Å²) in [6.07, 6.45) is 4.19. The number of amides is 1. The lowest BCUT2D eigenvalue weighted by Crippen LogP contribution is -2.25. The van der Waals surface area contributed by atoms with Crippen LogP contribution in [-0.4, -0.2) is 39.1 Å². The van der Waals surface area contributed by atoms with Gasteiger partial charge in [-0.25, -0.2) is 18.1 Å². The molecule has 1 amide bonds. The molecule has 0 unspecified atom stereocenters. The molecular weight excluding hydrogens is 462 g/mol. The van der Waals surface area contributed by atoms with Gasteiger partial charge in [-0.15, -0.1) is 11.3 Å². The zero-order valence-corrected chi connectivity index (χ0v) is 19.6. The van der Waals surface area contributed by atoms with Gasteiger partial charge < -0.3 is 14.8 Å². The molecule has 174 valence electrons. The van der Waals surface area contributed by atoms with E-state index < -0.39 is 10.0 Å². The number of anilines is 1. The van der Waals surface area contributed by atoms with Crippen molar-refractivity contribution in [3.8, 4) is 22.1 Å². The van der Waals surface area contributed by atoms with Crippen LogP contribution in [0.2, 0.25) is 0 Å². The number of thiazole rings is 1. The van der Waals surface area contributed by atoms with E-state index in [2.05, 4.69) is 15.0 Å². The first-order chi connectivity index (χ1) is 16.0. The van der Waals surface area contributed by atoms with Crippen LogP contribution in [0.5, 0.6) is 11.5 Å². The number of ether oxygens (including phenoxy) is 2. The van der Waals surface area contributed by atoms with E-state index in [9.17, 15) is 13.2 Å². The first-order valence-corrected chi connectivity index (χ1v) is 13.1. The Bertz CT molecular complexity index is 1180. The fraction of sp³-hybridized carbons (Fsp3) is 0.304. The molecule has 0 aliphatic carbocycles. The highest BCUT2D eigenvalue weighted by molar-refractivity contribution is 7.89. The third-order valence-electron chi connectivity index (χ3n) is 5.04. The standard InChI is InChI=1S/C23H25N3O5S2/c27-22(26-18-7-5-17(6-8-18)23-24-12-15-32-23)4-2-1-3-11-25-33(28,29)19-9-10-20-21(16-19)31-14-13-30-20/h5-10,12,15-16,25H,1-4,11,13-14H2,(H,26,27). The normalized spacial score (nSPS) is 13.0. The van der Waals surface area contributed by atoms with Gasteiger partial charge in [0.05, 0.1) is 4.90 Å². The lowest BCUT2D eigenvalue weighted by molar-refractivity contribution is -0.116. The average molecular weight is 488 g/mol. The van der Waals surface area contributed by atoms with Crippen molar-refractivity contribution >= 4 is 33.0 Å². The molecule has 1 aromatic heterocycles. The minimum Gasteiger partial charge on any atom is -0.486 e. The van der Waals surface area contributed by atoms with Gasteiger partial charge >= 0.3 is 0 Å². The summed E-state index contributed by atoms with van der Waals surface area (Å²) in [5.74, 6) is 0.927. The van der Waals surface area contributed by atoms with Crippen LogP contribution in [0.25, 0.3) is 10.6 Å². The number of benzene rings is 2. The van der Waals surface area contributed by atoms with Crippen molar-refractivity contribution in [2.75, 3.05) is 25.1 Å². The molecule has 10 heteroatoms. The Morgan fingerprint density at radius 3 is 2.55 bits per heavy atom. The lowest BCUT2D eigenvalue weighted by atomic mass is 10.1. The van der Waals surface area contributed by atoms with E-state index in [0.717, 1.165) is 22.7 Å². The van der Waals surface area contributed by atoms with Gasteiger partial charge in [-0.1, -0.05) is 6.42 Å². The SMILES string of the molecule is O=C(CCCCCNS(=O)(=O)c1ccc2c(c1)OCCO2)Nc1ccc(-c2nccs2)cc1. The molecule has 2 aromatic carbocycles. The molecule has 0 fully saturated rings. The van der Waals surface area contributed by atoms with E-state index >= 15 is 0 Å². The summed E-state index contributed by atoms with van der Waals surface area (Å²) in [6, 6.07) is 12.2. The molecule has 0 bridgehead atoms. The molecule has 2 heterocycles. The highest BCUT2D eigenvalue weighted by Crippen LogP contribution is 2.32. The van der Waals surface area contributed by atoms with Crippen LogP contribution >= 0.6 is 11.3 Å². The predicted octanol–water partition coefficient (Wildman–Crippen LogP) is 4.06. The van der Waals surface area contributed by atoms with E-state index in [0.29, 0.717) is 50.5 Å². The zero-order chi connectivity index (χ0) is 23.1. The minimum absolute atomic E-state index is 0.0612. The number of carbonyl (C=O) groups excluding carboxylic acids is 1. The number of nitrogens with one attached hydrogen (secondary N) is 2. The summed E-state index contributed by atoms with van der Waals surface area (Å²) in [6.45, 7) is 1.15. The summed E-state index contributed by atoms with van der Waals surface area (Å²) in [4.78, 5) is 16.6. The molecule has 2 N–H and O–H groups in total. The largest absolute Gasteiger partial charge is 0.486 e. The topological polar surface area (TPSA) is 107 Å². The number of unbranched alkanes of at least 4 members (excludes halogenated alkanes) is 2. The van der Waals surface area contributed by atoms with Crippen LogP contribution in [0.3, 0.4) is 0 Å². The minimum atomic E-state index is -3.63. The van der Waals surface area contributed by atoms with Gasteiger partial charge in [0.2, 0.25) is 15.9 Å². The Morgan fingerprint density at radius 1 is 1.00 bits per heavy atom. The Morgan fingerprint density at radius 2 is 1.79 bits per heavy atom. The second-order valence-corrected chi connectivity index (χ2v) is 10.1. The third-order valence-corrected chi connectivity index (χ3v) is 7.33. The monoisotopic (exact) mass is 487 g/mol. The Labute approximate surface area is 197 Å². The molecule has 0 radical (unpaired) electrons. The number of nitrogens with zero attached hydrogens (tertiary/aromatic N) is 1. The van der Waals surface area contributed by atoms with Crippen molar-refractivity contribution in [2.24, 2.45) is 0 Å². The average Bonchev–Trinajstić information content (AvgIpc) is 3.36. The van der Waals surface area contributed by atoms with Crippen LogP contribution in [0.1, 0.15) is 25.7 Å². The first-order valence-electron chi connectivity index (χ1n) is 10.7. The third kappa shape index (κ3) is 6.31. The van der Waals surface area contributed by atoms with Gasteiger partial charge in [-0.3, -0.25) is 4.79 Å². The van der Waals surface area contributed by atoms with E-state index in [1.165, 1.54) is 12.1 Å². The summed E-state index contributed by atoms with van der Waals surface area (Å²) in [5, 5.41) is 5.75. The van der Waals surface area contributed by atoms with Crippen LogP contribution in [0.15, 0.2) is 58.9 Å². The maximum absolute atomic E-state index is 12.5. The molecule has 33 heavy (non-hydrogen) atoms. The van der Waals surface area contributed by atoms with Gasteiger partial charge in [-0.05, 0) is 49.2 Å². The summed E-state index contributed by atoms with van der Waals surface area (Å²) in [5.41, 5.74) is 1.76. The van der Waals surface area contributed by atoms with Gasteiger partial charge in [0.25, 0.3) is 0 Å². The summed E-state index contributed by atoms with van der Waals surface area (Å²) >= 11 is 1.57. The number of hydrogen-bond donors (Lipinski definition) is 2. The van der Waals surface area contributed by atoms with Crippen LogP contribution < -0.4 is 19.5 Å². The predicted molar refractivity (Wildman–Crippen MR) is 127 cm³/mol. The molecule has 1 aliphatic heterocycles. The van der Waals surface area contributed by atoms with Crippen molar-refractivity contribution in [1.29, 1.82) is 0 Å². The lowest BCUT2D eigenvalue weighted by Gasteiger charge is -2.18. The van der Waals surface area contributed by atoms with E-state index in [4.69, 9.17) is 9.47 Å². The van der Waals surface area contributed by atoms with Crippen molar-refractivity contribution < 1.29 is 22.7 Å². The van der Waals surface area contributed by atoms with E-state index in [-0.39, 0.29) is 10.8 Å². The van der Waals surface area contributed by atoms with Crippen LogP contribution in [-0.2, 0) is 14.8 Å². The second-order valence-electron chi connectivity index (χ2n) is 7.48. The molecule has 0 atom stereocenters. The number of fused-ring (bicyclic) bond motifs is 1. The molecule has 8 nitrogen and oxygen atoms in total. The maximum atomic E-state index is 12.5. The molecule has 0 saturated heterocycles. The smallest absolute Gasteiger partial charge is 0.240 e. The summed E-state index contributed by atoms with van der Waals surface area (Å²) in [7, 11) is -3.63. The number of carbonyl (C=O) groups is 1. The van der Waals surface area contributed by atoms with Crippen molar-refractivity contribution in [1.82, 2.24) is 9.71 Å². The van der Waals surface area contributed by atoms with Gasteiger partial charge in [0.15, 0.2) is 11.5 Å². The zero-order valence-electron chi connectivity index (χ0n) is 18.0. The fourth-order valence-electron chi connectivity index (χ4n) is 3.35. The number of hydrogen-bond acceptors (Lipinski definition) is 7. The quantitative estimate of drug-likeness (QED) is 0.418. The number of sulfonamides is 1. The van der Waals surface area contributed by atoms with Gasteiger partial charge in [0, 0.05) is 41.9 Å². The van der Waals surface area contributed by atoms with Crippen LogP contribution in [0, 0.1) is 0 Å². The highest BCUT2D eigenvalue weighted by Gasteiger charge is 2.18. The molecule has 0 saturated carbocycles. The van der Waals surface area contributed by atoms with Gasteiger partial charge in [0.1, 0.15) is 18.2 Å². The van der Waals surface area contributed by atoms with E-state index in [1.807, 2.05) is 29.6 Å². The second kappa shape index (κ2) is 10.8. The Balaban J connectivity index is 1.15.